The van der Waals surface area contributed by atoms with E-state index in [1.807, 2.05) is 61.5 Å². The molecule has 0 saturated carbocycles. The Morgan fingerprint density at radius 2 is 1.64 bits per heavy atom. The van der Waals surface area contributed by atoms with Crippen molar-refractivity contribution in [3.63, 3.8) is 0 Å². The predicted octanol–water partition coefficient (Wildman–Crippen LogP) is 4.34. The molecular weight excluding hydrogens is 274 g/mol. The van der Waals surface area contributed by atoms with Crippen molar-refractivity contribution >= 4 is 0 Å². The molecule has 3 aromatic rings. The average molecular weight is 291 g/mol. The number of ether oxygens (including phenoxy) is 1. The van der Waals surface area contributed by atoms with Gasteiger partial charge >= 0.3 is 0 Å². The van der Waals surface area contributed by atoms with Gasteiger partial charge in [-0.1, -0.05) is 42.5 Å². The average Bonchev–Trinajstić information content (AvgIpc) is 2.55. The summed E-state index contributed by atoms with van der Waals surface area (Å²) in [5.74, 6) is 0.852. The van der Waals surface area contributed by atoms with Crippen LogP contribution in [0.3, 0.4) is 0 Å². The first-order valence-corrected chi connectivity index (χ1v) is 7.16. The maximum atomic E-state index is 9.42. The molecule has 0 fully saturated rings. The number of aromatic hydroxyl groups is 1. The minimum atomic E-state index is 0.246. The molecule has 0 unspecified atom stereocenters. The van der Waals surface area contributed by atoms with E-state index < -0.39 is 0 Å². The van der Waals surface area contributed by atoms with Gasteiger partial charge in [0.25, 0.3) is 0 Å². The third-order valence-corrected chi connectivity index (χ3v) is 3.40. The summed E-state index contributed by atoms with van der Waals surface area (Å²) in [5, 5.41) is 9.42. The Kier molecular flexibility index (Phi) is 4.05. The molecule has 0 spiro atoms. The molecule has 0 atom stereocenters. The molecule has 22 heavy (non-hydrogen) atoms. The first-order chi connectivity index (χ1) is 10.7. The monoisotopic (exact) mass is 291 g/mol. The van der Waals surface area contributed by atoms with Crippen LogP contribution in [0.5, 0.6) is 11.6 Å². The van der Waals surface area contributed by atoms with E-state index in [1.54, 1.807) is 12.1 Å². The Morgan fingerprint density at radius 3 is 2.36 bits per heavy atom. The van der Waals surface area contributed by atoms with Crippen LogP contribution in [-0.2, 0) is 6.61 Å². The van der Waals surface area contributed by atoms with Crippen molar-refractivity contribution in [2.24, 2.45) is 0 Å². The van der Waals surface area contributed by atoms with Crippen LogP contribution in [0.2, 0.25) is 0 Å². The molecule has 0 aliphatic rings. The molecule has 3 heteroatoms. The van der Waals surface area contributed by atoms with Gasteiger partial charge in [0.05, 0.1) is 0 Å². The zero-order valence-electron chi connectivity index (χ0n) is 12.4. The SMILES string of the molecule is Cc1ccc(-c2ccc(O)cc2)c(OCc2ccccc2)n1. The van der Waals surface area contributed by atoms with E-state index in [9.17, 15) is 5.11 Å². The highest BCUT2D eigenvalue weighted by atomic mass is 16.5. The second-order valence-electron chi connectivity index (χ2n) is 5.13. The molecule has 0 radical (unpaired) electrons. The van der Waals surface area contributed by atoms with Crippen LogP contribution >= 0.6 is 0 Å². The summed E-state index contributed by atoms with van der Waals surface area (Å²) in [4.78, 5) is 4.50. The lowest BCUT2D eigenvalue weighted by atomic mass is 10.1. The van der Waals surface area contributed by atoms with Crippen LogP contribution in [0.1, 0.15) is 11.3 Å². The Balaban J connectivity index is 1.89. The van der Waals surface area contributed by atoms with Crippen LogP contribution in [-0.4, -0.2) is 10.1 Å². The van der Waals surface area contributed by atoms with Gasteiger partial charge in [0.2, 0.25) is 5.88 Å². The van der Waals surface area contributed by atoms with E-state index in [-0.39, 0.29) is 5.75 Å². The number of hydrogen-bond donors (Lipinski definition) is 1. The smallest absolute Gasteiger partial charge is 0.221 e. The van der Waals surface area contributed by atoms with E-state index in [0.717, 1.165) is 22.4 Å². The van der Waals surface area contributed by atoms with Crippen LogP contribution < -0.4 is 4.74 Å². The fraction of sp³-hybridized carbons (Fsp3) is 0.105. The van der Waals surface area contributed by atoms with E-state index in [1.165, 1.54) is 0 Å². The summed E-state index contributed by atoms with van der Waals surface area (Å²) in [6, 6.07) is 21.0. The highest BCUT2D eigenvalue weighted by Crippen LogP contribution is 2.30. The first kappa shape index (κ1) is 14.1. The van der Waals surface area contributed by atoms with Gasteiger partial charge in [-0.25, -0.2) is 4.98 Å². The topological polar surface area (TPSA) is 42.4 Å². The Hall–Kier alpha value is -2.81. The van der Waals surface area contributed by atoms with Gasteiger partial charge in [0, 0.05) is 11.3 Å². The van der Waals surface area contributed by atoms with Crippen LogP contribution in [0.25, 0.3) is 11.1 Å². The van der Waals surface area contributed by atoms with Gasteiger partial charge in [-0.2, -0.15) is 0 Å². The molecule has 3 rings (SSSR count). The fourth-order valence-electron chi connectivity index (χ4n) is 2.23. The number of nitrogens with zero attached hydrogens (tertiary/aromatic N) is 1. The van der Waals surface area contributed by atoms with E-state index in [0.29, 0.717) is 12.5 Å². The Labute approximate surface area is 129 Å². The maximum Gasteiger partial charge on any atom is 0.221 e. The summed E-state index contributed by atoms with van der Waals surface area (Å²) in [5.41, 5.74) is 3.89. The molecule has 1 aromatic heterocycles. The van der Waals surface area contributed by atoms with Crippen molar-refractivity contribution in [1.29, 1.82) is 0 Å². The van der Waals surface area contributed by atoms with Gasteiger partial charge < -0.3 is 9.84 Å². The normalized spacial score (nSPS) is 10.4. The van der Waals surface area contributed by atoms with Gasteiger partial charge in [-0.15, -0.1) is 0 Å². The zero-order valence-corrected chi connectivity index (χ0v) is 12.4. The van der Waals surface area contributed by atoms with Crippen molar-refractivity contribution < 1.29 is 9.84 Å². The molecule has 0 bridgehead atoms. The first-order valence-electron chi connectivity index (χ1n) is 7.16. The lowest BCUT2D eigenvalue weighted by Crippen LogP contribution is -2.00. The summed E-state index contributed by atoms with van der Waals surface area (Å²) in [7, 11) is 0. The van der Waals surface area contributed by atoms with Crippen molar-refractivity contribution in [3.05, 3.63) is 78.0 Å². The molecule has 0 aliphatic carbocycles. The summed E-state index contributed by atoms with van der Waals surface area (Å²) < 4.78 is 5.92. The van der Waals surface area contributed by atoms with Gasteiger partial charge in [-0.05, 0) is 42.3 Å². The Morgan fingerprint density at radius 1 is 0.909 bits per heavy atom. The quantitative estimate of drug-likeness (QED) is 0.777. The number of pyridine rings is 1. The lowest BCUT2D eigenvalue weighted by Gasteiger charge is -2.11. The highest BCUT2D eigenvalue weighted by molar-refractivity contribution is 5.69. The number of phenols is 1. The van der Waals surface area contributed by atoms with Crippen LogP contribution in [0, 0.1) is 6.92 Å². The molecule has 3 nitrogen and oxygen atoms in total. The summed E-state index contributed by atoms with van der Waals surface area (Å²) in [6.07, 6.45) is 0. The van der Waals surface area contributed by atoms with E-state index in [4.69, 9.17) is 4.74 Å². The van der Waals surface area contributed by atoms with Crippen molar-refractivity contribution in [2.45, 2.75) is 13.5 Å². The van der Waals surface area contributed by atoms with E-state index in [2.05, 4.69) is 4.98 Å². The second kappa shape index (κ2) is 6.31. The van der Waals surface area contributed by atoms with E-state index >= 15 is 0 Å². The fourth-order valence-corrected chi connectivity index (χ4v) is 2.23. The number of rotatable bonds is 4. The number of hydrogen-bond acceptors (Lipinski definition) is 3. The molecule has 0 amide bonds. The number of aromatic nitrogens is 1. The molecule has 2 aromatic carbocycles. The van der Waals surface area contributed by atoms with Gasteiger partial charge in [-0.3, -0.25) is 0 Å². The molecule has 0 aliphatic heterocycles. The predicted molar refractivity (Wildman–Crippen MR) is 86.8 cm³/mol. The van der Waals surface area contributed by atoms with Crippen molar-refractivity contribution in [2.75, 3.05) is 0 Å². The molecule has 1 N–H and O–H groups in total. The molecule has 110 valence electrons. The van der Waals surface area contributed by atoms with Crippen molar-refractivity contribution in [1.82, 2.24) is 4.98 Å². The number of benzene rings is 2. The number of aryl methyl sites for hydroxylation is 1. The third kappa shape index (κ3) is 3.26. The maximum absolute atomic E-state index is 9.42. The van der Waals surface area contributed by atoms with Gasteiger partial charge in [0.15, 0.2) is 0 Å². The number of phenolic OH excluding ortho intramolecular Hbond substituents is 1. The third-order valence-electron chi connectivity index (χ3n) is 3.40. The summed E-state index contributed by atoms with van der Waals surface area (Å²) >= 11 is 0. The summed E-state index contributed by atoms with van der Waals surface area (Å²) in [6.45, 7) is 2.42. The zero-order chi connectivity index (χ0) is 15.4. The highest BCUT2D eigenvalue weighted by Gasteiger charge is 2.09. The second-order valence-corrected chi connectivity index (χ2v) is 5.13. The minimum Gasteiger partial charge on any atom is -0.508 e. The minimum absolute atomic E-state index is 0.246. The standard InChI is InChI=1S/C19H17NO2/c1-14-7-12-18(16-8-10-17(21)11-9-16)19(20-14)22-13-15-5-3-2-4-6-15/h2-12,21H,13H2,1H3. The Bertz CT molecular complexity index is 752. The molecule has 1 heterocycles. The van der Waals surface area contributed by atoms with Gasteiger partial charge in [0.1, 0.15) is 12.4 Å². The molecule has 0 saturated heterocycles. The van der Waals surface area contributed by atoms with Crippen LogP contribution in [0.4, 0.5) is 0 Å². The van der Waals surface area contributed by atoms with Crippen LogP contribution in [0.15, 0.2) is 66.7 Å². The lowest BCUT2D eigenvalue weighted by molar-refractivity contribution is 0.295. The van der Waals surface area contributed by atoms with Crippen molar-refractivity contribution in [3.8, 4) is 22.8 Å². The largest absolute Gasteiger partial charge is 0.508 e. The molecular formula is C19H17NO2.